The Bertz CT molecular complexity index is 567. The Morgan fingerprint density at radius 3 is 2.48 bits per heavy atom. The van der Waals surface area contributed by atoms with Crippen molar-refractivity contribution < 1.29 is 14.0 Å². The third kappa shape index (κ3) is 2.77. The minimum absolute atomic E-state index is 0.00700. The Labute approximate surface area is 123 Å². The lowest BCUT2D eigenvalue weighted by Gasteiger charge is -2.30. The average Bonchev–Trinajstić information content (AvgIpc) is 3.27. The highest BCUT2D eigenvalue weighted by molar-refractivity contribution is 5.83. The van der Waals surface area contributed by atoms with Crippen molar-refractivity contribution in [3.05, 3.63) is 35.6 Å². The van der Waals surface area contributed by atoms with Gasteiger partial charge in [-0.05, 0) is 36.8 Å². The Morgan fingerprint density at radius 2 is 1.86 bits per heavy atom. The van der Waals surface area contributed by atoms with Gasteiger partial charge in [0.25, 0.3) is 0 Å². The zero-order valence-corrected chi connectivity index (χ0v) is 11.8. The second-order valence-electron chi connectivity index (χ2n) is 5.97. The van der Waals surface area contributed by atoms with E-state index >= 15 is 0 Å². The maximum atomic E-state index is 13.7. The Balaban J connectivity index is 1.59. The standard InChI is InChI=1S/C16H19FN2O2/c17-14-4-2-1-3-11(14)12-9-13(12)16(21)19-7-5-10(6-8-19)15(18)20/h1-4,10,12-13H,5-9H2,(H2,18,20). The van der Waals surface area contributed by atoms with Gasteiger partial charge in [-0.15, -0.1) is 0 Å². The minimum atomic E-state index is -0.280. The minimum Gasteiger partial charge on any atom is -0.369 e. The van der Waals surface area contributed by atoms with Gasteiger partial charge in [0.1, 0.15) is 5.82 Å². The van der Waals surface area contributed by atoms with E-state index in [-0.39, 0.29) is 35.4 Å². The lowest BCUT2D eigenvalue weighted by molar-refractivity contribution is -0.136. The number of halogens is 1. The molecule has 2 N–H and O–H groups in total. The molecule has 5 heteroatoms. The Hall–Kier alpha value is -1.91. The quantitative estimate of drug-likeness (QED) is 0.920. The van der Waals surface area contributed by atoms with Gasteiger partial charge < -0.3 is 10.6 Å². The Morgan fingerprint density at radius 1 is 1.19 bits per heavy atom. The molecule has 2 aliphatic rings. The lowest BCUT2D eigenvalue weighted by Crippen LogP contribution is -2.42. The molecule has 0 radical (unpaired) electrons. The highest BCUT2D eigenvalue weighted by atomic mass is 19.1. The van der Waals surface area contributed by atoms with Crippen LogP contribution >= 0.6 is 0 Å². The molecule has 1 aromatic rings. The van der Waals surface area contributed by atoms with Crippen LogP contribution in [0.3, 0.4) is 0 Å². The fraction of sp³-hybridized carbons (Fsp3) is 0.500. The van der Waals surface area contributed by atoms with E-state index < -0.39 is 0 Å². The predicted molar refractivity (Wildman–Crippen MR) is 75.7 cm³/mol. The van der Waals surface area contributed by atoms with Crippen LogP contribution in [0.5, 0.6) is 0 Å². The molecule has 4 nitrogen and oxygen atoms in total. The molecule has 1 heterocycles. The number of benzene rings is 1. The van der Waals surface area contributed by atoms with Crippen LogP contribution in [0.2, 0.25) is 0 Å². The smallest absolute Gasteiger partial charge is 0.226 e. The zero-order chi connectivity index (χ0) is 15.0. The average molecular weight is 290 g/mol. The summed E-state index contributed by atoms with van der Waals surface area (Å²) in [6.07, 6.45) is 1.99. The molecule has 2 atom stereocenters. The number of rotatable bonds is 3. The SMILES string of the molecule is NC(=O)C1CCN(C(=O)C2CC2c2ccccc2F)CC1. The van der Waals surface area contributed by atoms with E-state index in [1.807, 2.05) is 0 Å². The highest BCUT2D eigenvalue weighted by Crippen LogP contribution is 2.49. The number of amides is 2. The van der Waals surface area contributed by atoms with Crippen molar-refractivity contribution in [3.63, 3.8) is 0 Å². The highest BCUT2D eigenvalue weighted by Gasteiger charge is 2.47. The third-order valence-corrected chi connectivity index (χ3v) is 4.62. The number of primary amides is 1. The van der Waals surface area contributed by atoms with Gasteiger partial charge in [0, 0.05) is 24.9 Å². The number of carbonyl (C=O) groups excluding carboxylic acids is 2. The van der Waals surface area contributed by atoms with E-state index in [4.69, 9.17) is 5.73 Å². The van der Waals surface area contributed by atoms with Crippen molar-refractivity contribution >= 4 is 11.8 Å². The van der Waals surface area contributed by atoms with Crippen LogP contribution in [-0.4, -0.2) is 29.8 Å². The van der Waals surface area contributed by atoms with E-state index in [2.05, 4.69) is 0 Å². The number of hydrogen-bond acceptors (Lipinski definition) is 2. The number of nitrogens with two attached hydrogens (primary N) is 1. The predicted octanol–water partition coefficient (Wildman–Crippen LogP) is 1.65. The fourth-order valence-corrected chi connectivity index (χ4v) is 3.21. The fourth-order valence-electron chi connectivity index (χ4n) is 3.21. The molecule has 2 fully saturated rings. The van der Waals surface area contributed by atoms with Crippen molar-refractivity contribution in [2.24, 2.45) is 17.6 Å². The Kier molecular flexibility index (Phi) is 3.66. The number of likely N-dealkylation sites (tertiary alicyclic amines) is 1. The summed E-state index contributed by atoms with van der Waals surface area (Å²) in [5.74, 6) is -0.635. The van der Waals surface area contributed by atoms with Gasteiger partial charge in [-0.25, -0.2) is 4.39 Å². The number of hydrogen-bond donors (Lipinski definition) is 1. The number of carbonyl (C=O) groups is 2. The molecule has 0 aromatic heterocycles. The molecule has 112 valence electrons. The maximum Gasteiger partial charge on any atom is 0.226 e. The van der Waals surface area contributed by atoms with Gasteiger partial charge in [-0.2, -0.15) is 0 Å². The summed E-state index contributed by atoms with van der Waals surface area (Å²) in [5.41, 5.74) is 5.93. The molecule has 2 amide bonds. The van der Waals surface area contributed by atoms with Crippen molar-refractivity contribution in [3.8, 4) is 0 Å². The van der Waals surface area contributed by atoms with Crippen molar-refractivity contribution in [1.82, 2.24) is 4.90 Å². The first-order chi connectivity index (χ1) is 10.1. The molecule has 0 bridgehead atoms. The van der Waals surface area contributed by atoms with Crippen LogP contribution in [0.4, 0.5) is 4.39 Å². The summed E-state index contributed by atoms with van der Waals surface area (Å²) >= 11 is 0. The van der Waals surface area contributed by atoms with Crippen LogP contribution in [0.15, 0.2) is 24.3 Å². The first kappa shape index (κ1) is 14.0. The zero-order valence-electron chi connectivity index (χ0n) is 11.8. The van der Waals surface area contributed by atoms with E-state index in [1.54, 1.807) is 23.1 Å². The molecule has 1 saturated heterocycles. The van der Waals surface area contributed by atoms with Gasteiger partial charge in [-0.3, -0.25) is 9.59 Å². The molecule has 1 aliphatic carbocycles. The van der Waals surface area contributed by atoms with Gasteiger partial charge in [0.15, 0.2) is 0 Å². The summed E-state index contributed by atoms with van der Waals surface area (Å²) in [5, 5.41) is 0. The molecule has 1 aromatic carbocycles. The molecule has 1 aliphatic heterocycles. The molecular weight excluding hydrogens is 271 g/mol. The molecule has 3 rings (SSSR count). The maximum absolute atomic E-state index is 13.7. The summed E-state index contributed by atoms with van der Waals surface area (Å²) < 4.78 is 13.7. The van der Waals surface area contributed by atoms with Gasteiger partial charge in [-0.1, -0.05) is 18.2 Å². The van der Waals surface area contributed by atoms with E-state index in [0.717, 1.165) is 6.42 Å². The summed E-state index contributed by atoms with van der Waals surface area (Å²) in [7, 11) is 0. The largest absolute Gasteiger partial charge is 0.369 e. The topological polar surface area (TPSA) is 63.4 Å². The van der Waals surface area contributed by atoms with Gasteiger partial charge >= 0.3 is 0 Å². The van der Waals surface area contributed by atoms with Crippen molar-refractivity contribution in [2.75, 3.05) is 13.1 Å². The van der Waals surface area contributed by atoms with Crippen LogP contribution in [0.25, 0.3) is 0 Å². The van der Waals surface area contributed by atoms with Crippen LogP contribution in [0.1, 0.15) is 30.7 Å². The van der Waals surface area contributed by atoms with Crippen molar-refractivity contribution in [1.29, 1.82) is 0 Å². The lowest BCUT2D eigenvalue weighted by atomic mass is 9.96. The van der Waals surface area contributed by atoms with E-state index in [0.29, 0.717) is 31.5 Å². The third-order valence-electron chi connectivity index (χ3n) is 4.62. The second kappa shape index (κ2) is 5.47. The molecule has 1 saturated carbocycles. The summed E-state index contributed by atoms with van der Waals surface area (Å²) in [6, 6.07) is 6.66. The van der Waals surface area contributed by atoms with Crippen LogP contribution in [-0.2, 0) is 9.59 Å². The molecule has 2 unspecified atom stereocenters. The van der Waals surface area contributed by atoms with Gasteiger partial charge in [0.05, 0.1) is 0 Å². The normalized spacial score (nSPS) is 25.7. The first-order valence-corrected chi connectivity index (χ1v) is 7.40. The second-order valence-corrected chi connectivity index (χ2v) is 5.97. The monoisotopic (exact) mass is 290 g/mol. The van der Waals surface area contributed by atoms with Crippen LogP contribution < -0.4 is 5.73 Å². The first-order valence-electron chi connectivity index (χ1n) is 7.40. The molecule has 0 spiro atoms. The molecular formula is C16H19FN2O2. The molecule has 21 heavy (non-hydrogen) atoms. The number of piperidine rings is 1. The van der Waals surface area contributed by atoms with E-state index in [1.165, 1.54) is 6.07 Å². The van der Waals surface area contributed by atoms with Crippen molar-refractivity contribution in [2.45, 2.75) is 25.2 Å². The summed E-state index contributed by atoms with van der Waals surface area (Å²) in [4.78, 5) is 25.3. The van der Waals surface area contributed by atoms with Gasteiger partial charge in [0.2, 0.25) is 11.8 Å². The summed E-state index contributed by atoms with van der Waals surface area (Å²) in [6.45, 7) is 1.15. The van der Waals surface area contributed by atoms with Crippen LogP contribution in [0, 0.1) is 17.7 Å². The number of nitrogens with zero attached hydrogens (tertiary/aromatic N) is 1. The van der Waals surface area contributed by atoms with E-state index in [9.17, 15) is 14.0 Å².